The zero-order valence-electron chi connectivity index (χ0n) is 11.3. The molecular weight excluding hydrogens is 331 g/mol. The summed E-state index contributed by atoms with van der Waals surface area (Å²) in [6, 6.07) is 3.61. The van der Waals surface area contributed by atoms with E-state index in [0.29, 0.717) is 17.0 Å². The second kappa shape index (κ2) is 7.78. The second-order valence-electron chi connectivity index (χ2n) is 4.27. The van der Waals surface area contributed by atoms with Crippen molar-refractivity contribution in [3.05, 3.63) is 50.6 Å². The van der Waals surface area contributed by atoms with Gasteiger partial charge in [0.1, 0.15) is 11.3 Å². The lowest BCUT2D eigenvalue weighted by Gasteiger charge is -2.29. The molecule has 0 aliphatic rings. The number of pyridine rings is 1. The van der Waals surface area contributed by atoms with Crippen LogP contribution in [0.1, 0.15) is 5.56 Å². The third-order valence-electron chi connectivity index (χ3n) is 2.52. The third kappa shape index (κ3) is 5.12. The minimum atomic E-state index is -0.590. The SMILES string of the molecule is CN(C)C(=C[N+](=O)[O-])N(CCF)Cc1ccc(Br)nc1. The smallest absolute Gasteiger partial charge is 0.274 e. The highest BCUT2D eigenvalue weighted by atomic mass is 79.9. The molecule has 0 aliphatic carbocycles. The molecule has 0 aromatic carbocycles. The number of hydrogen-bond donors (Lipinski definition) is 0. The third-order valence-corrected chi connectivity index (χ3v) is 2.99. The number of nitrogens with zero attached hydrogens (tertiary/aromatic N) is 4. The molecular formula is C12H16BrFN4O2. The van der Waals surface area contributed by atoms with E-state index in [0.717, 1.165) is 11.8 Å². The van der Waals surface area contributed by atoms with Crippen LogP contribution in [0.2, 0.25) is 0 Å². The zero-order chi connectivity index (χ0) is 15.1. The minimum Gasteiger partial charge on any atom is -0.359 e. The van der Waals surface area contributed by atoms with Crippen LogP contribution in [0, 0.1) is 10.1 Å². The first-order valence-corrected chi connectivity index (χ1v) is 6.67. The molecule has 0 N–H and O–H groups in total. The predicted octanol–water partition coefficient (Wildman–Crippen LogP) is 2.25. The molecule has 110 valence electrons. The monoisotopic (exact) mass is 346 g/mol. The summed E-state index contributed by atoms with van der Waals surface area (Å²) in [5.74, 6) is 0.343. The summed E-state index contributed by atoms with van der Waals surface area (Å²) in [6.45, 7) is -0.164. The highest BCUT2D eigenvalue weighted by molar-refractivity contribution is 9.10. The predicted molar refractivity (Wildman–Crippen MR) is 77.1 cm³/mol. The van der Waals surface area contributed by atoms with Gasteiger partial charge in [-0.25, -0.2) is 9.37 Å². The maximum Gasteiger partial charge on any atom is 0.274 e. The maximum atomic E-state index is 12.7. The van der Waals surface area contributed by atoms with Gasteiger partial charge in [-0.2, -0.15) is 0 Å². The fraction of sp³-hybridized carbons (Fsp3) is 0.417. The van der Waals surface area contributed by atoms with E-state index in [-0.39, 0.29) is 6.54 Å². The average Bonchev–Trinajstić information content (AvgIpc) is 2.37. The van der Waals surface area contributed by atoms with Gasteiger partial charge in [0.15, 0.2) is 5.82 Å². The Morgan fingerprint density at radius 1 is 1.55 bits per heavy atom. The van der Waals surface area contributed by atoms with Gasteiger partial charge in [-0.1, -0.05) is 6.07 Å². The lowest BCUT2D eigenvalue weighted by Crippen LogP contribution is -2.33. The van der Waals surface area contributed by atoms with Crippen LogP contribution in [0.25, 0.3) is 0 Å². The normalized spacial score (nSPS) is 11.3. The first-order valence-electron chi connectivity index (χ1n) is 5.88. The van der Waals surface area contributed by atoms with Crippen molar-refractivity contribution in [1.29, 1.82) is 0 Å². The Morgan fingerprint density at radius 2 is 2.25 bits per heavy atom. The molecule has 0 spiro atoms. The standard InChI is InChI=1S/C12H16BrFN4O2/c1-16(2)12(9-18(19)20)17(6-5-14)8-10-3-4-11(13)15-7-10/h3-4,7,9H,5-6,8H2,1-2H3. The molecule has 20 heavy (non-hydrogen) atoms. The lowest BCUT2D eigenvalue weighted by atomic mass is 10.2. The summed E-state index contributed by atoms with van der Waals surface area (Å²) in [7, 11) is 3.36. The van der Waals surface area contributed by atoms with Crippen LogP contribution in [0.5, 0.6) is 0 Å². The van der Waals surface area contributed by atoms with E-state index in [1.54, 1.807) is 36.2 Å². The molecule has 0 radical (unpaired) electrons. The molecule has 0 aliphatic heterocycles. The fourth-order valence-corrected chi connectivity index (χ4v) is 1.91. The quantitative estimate of drug-likeness (QED) is 0.430. The molecule has 8 heteroatoms. The van der Waals surface area contributed by atoms with E-state index in [4.69, 9.17) is 0 Å². The van der Waals surface area contributed by atoms with Crippen molar-refractivity contribution in [2.45, 2.75) is 6.54 Å². The van der Waals surface area contributed by atoms with Crippen LogP contribution in [0.15, 0.2) is 35.0 Å². The lowest BCUT2D eigenvalue weighted by molar-refractivity contribution is -0.405. The number of alkyl halides is 1. The average molecular weight is 347 g/mol. The van der Waals surface area contributed by atoms with Crippen LogP contribution < -0.4 is 0 Å². The van der Waals surface area contributed by atoms with E-state index >= 15 is 0 Å². The Bertz CT molecular complexity index is 479. The van der Waals surface area contributed by atoms with Crippen LogP contribution in [-0.4, -0.2) is 47.0 Å². The number of halogens is 2. The molecule has 1 rings (SSSR count). The van der Waals surface area contributed by atoms with Crippen molar-refractivity contribution in [1.82, 2.24) is 14.8 Å². The molecule has 0 amide bonds. The van der Waals surface area contributed by atoms with Crippen LogP contribution in [0.3, 0.4) is 0 Å². The molecule has 1 heterocycles. The fourth-order valence-electron chi connectivity index (χ4n) is 1.67. The van der Waals surface area contributed by atoms with Crippen molar-refractivity contribution >= 4 is 15.9 Å². The largest absolute Gasteiger partial charge is 0.359 e. The van der Waals surface area contributed by atoms with Gasteiger partial charge in [0.25, 0.3) is 6.20 Å². The van der Waals surface area contributed by atoms with Crippen LogP contribution in [0.4, 0.5) is 4.39 Å². The topological polar surface area (TPSA) is 62.5 Å². The van der Waals surface area contributed by atoms with Crippen molar-refractivity contribution in [3.8, 4) is 0 Å². The van der Waals surface area contributed by atoms with Crippen molar-refractivity contribution < 1.29 is 9.31 Å². The number of aromatic nitrogens is 1. The Kier molecular flexibility index (Phi) is 6.37. The van der Waals surface area contributed by atoms with Crippen molar-refractivity contribution in [3.63, 3.8) is 0 Å². The molecule has 0 fully saturated rings. The summed E-state index contributed by atoms with van der Waals surface area (Å²) >= 11 is 3.23. The molecule has 0 bridgehead atoms. The molecule has 1 aromatic rings. The first-order chi connectivity index (χ1) is 9.43. The molecule has 6 nitrogen and oxygen atoms in total. The van der Waals surface area contributed by atoms with Gasteiger partial charge in [0.2, 0.25) is 0 Å². The minimum absolute atomic E-state index is 0.0773. The Morgan fingerprint density at radius 3 is 2.70 bits per heavy atom. The van der Waals surface area contributed by atoms with E-state index in [9.17, 15) is 14.5 Å². The van der Waals surface area contributed by atoms with E-state index in [1.807, 2.05) is 6.07 Å². The van der Waals surface area contributed by atoms with E-state index in [2.05, 4.69) is 20.9 Å². The summed E-state index contributed by atoms with van der Waals surface area (Å²) in [5.41, 5.74) is 0.845. The highest BCUT2D eigenvalue weighted by Crippen LogP contribution is 2.14. The maximum absolute atomic E-state index is 12.7. The summed E-state index contributed by atoms with van der Waals surface area (Å²) in [5, 5.41) is 10.7. The van der Waals surface area contributed by atoms with Gasteiger partial charge < -0.3 is 9.80 Å². The van der Waals surface area contributed by atoms with Gasteiger partial charge in [-0.3, -0.25) is 10.1 Å². The van der Waals surface area contributed by atoms with Gasteiger partial charge in [0, 0.05) is 33.4 Å². The molecule has 0 saturated carbocycles. The van der Waals surface area contributed by atoms with E-state index < -0.39 is 11.6 Å². The zero-order valence-corrected chi connectivity index (χ0v) is 12.9. The number of nitro groups is 1. The van der Waals surface area contributed by atoms with Gasteiger partial charge in [0.05, 0.1) is 4.92 Å². The van der Waals surface area contributed by atoms with Gasteiger partial charge >= 0.3 is 0 Å². The second-order valence-corrected chi connectivity index (χ2v) is 5.08. The Hall–Kier alpha value is -1.70. The number of hydrogen-bond acceptors (Lipinski definition) is 5. The van der Waals surface area contributed by atoms with E-state index in [1.165, 1.54) is 0 Å². The van der Waals surface area contributed by atoms with Gasteiger partial charge in [-0.05, 0) is 27.6 Å². The van der Waals surface area contributed by atoms with Crippen LogP contribution >= 0.6 is 15.9 Å². The summed E-state index contributed by atoms with van der Waals surface area (Å²) in [4.78, 5) is 17.4. The molecule has 1 aromatic heterocycles. The summed E-state index contributed by atoms with van der Waals surface area (Å²) < 4.78 is 13.4. The van der Waals surface area contributed by atoms with Gasteiger partial charge in [-0.15, -0.1) is 0 Å². The number of rotatable bonds is 7. The highest BCUT2D eigenvalue weighted by Gasteiger charge is 2.16. The Labute approximate surface area is 125 Å². The molecule has 0 saturated heterocycles. The Balaban J connectivity index is 2.96. The van der Waals surface area contributed by atoms with Crippen molar-refractivity contribution in [2.75, 3.05) is 27.3 Å². The molecule has 0 unspecified atom stereocenters. The molecule has 0 atom stereocenters. The first kappa shape index (κ1) is 16.4. The van der Waals surface area contributed by atoms with Crippen LogP contribution in [-0.2, 0) is 6.54 Å². The van der Waals surface area contributed by atoms with Crippen molar-refractivity contribution in [2.24, 2.45) is 0 Å². The summed E-state index contributed by atoms with van der Waals surface area (Å²) in [6.07, 6.45) is 2.52.